The Kier molecular flexibility index (Phi) is 7.42. The normalized spacial score (nSPS) is 21.6. The molecule has 1 spiro atoms. The number of rotatable bonds is 6. The lowest BCUT2D eigenvalue weighted by Gasteiger charge is -2.50. The molecule has 0 saturated carbocycles. The van der Waals surface area contributed by atoms with E-state index < -0.39 is 17.2 Å². The molecule has 2 fully saturated rings. The zero-order chi connectivity index (χ0) is 27.7. The topological polar surface area (TPSA) is 85.3 Å². The minimum atomic E-state index is -0.998. The van der Waals surface area contributed by atoms with Crippen LogP contribution < -0.4 is 0 Å². The molecule has 1 N–H and O–H groups in total. The fourth-order valence-corrected chi connectivity index (χ4v) is 6.87. The lowest BCUT2D eigenvalue weighted by Crippen LogP contribution is -2.55. The summed E-state index contributed by atoms with van der Waals surface area (Å²) < 4.78 is 19.3. The number of amides is 1. The van der Waals surface area contributed by atoms with Crippen molar-refractivity contribution in [1.82, 2.24) is 4.90 Å². The van der Waals surface area contributed by atoms with Gasteiger partial charge >= 0.3 is 12.1 Å². The van der Waals surface area contributed by atoms with Crippen LogP contribution in [0.5, 0.6) is 0 Å². The summed E-state index contributed by atoms with van der Waals surface area (Å²) in [6.07, 6.45) is 2.05. The van der Waals surface area contributed by atoms with Gasteiger partial charge in [-0.15, -0.1) is 0 Å². The monoisotopic (exact) mass is 605 g/mol. The molecule has 40 heavy (non-hydrogen) atoms. The highest BCUT2D eigenvalue weighted by Crippen LogP contribution is 2.47. The molecule has 0 bridgehead atoms. The van der Waals surface area contributed by atoms with Crippen LogP contribution in [-0.2, 0) is 24.6 Å². The molecule has 2 heterocycles. The Labute approximate surface area is 242 Å². The van der Waals surface area contributed by atoms with Gasteiger partial charge in [0.2, 0.25) is 0 Å². The standard InChI is InChI=1S/C32H32BrNO6/c33-23-11-9-22(10-12-23)32(40-20-29(35)36)15-18-39-31(21-32)13-16-34(17-14-31)30(37)38-19-28-26-7-3-1-5-24(26)25-6-2-4-8-27(25)28/h1-12,28H,13-21H2,(H,35,36). The second kappa shape index (κ2) is 11.0. The first kappa shape index (κ1) is 27.0. The third-order valence-electron chi connectivity index (χ3n) is 8.63. The van der Waals surface area contributed by atoms with Crippen molar-refractivity contribution in [2.75, 3.05) is 32.9 Å². The molecule has 2 aliphatic heterocycles. The van der Waals surface area contributed by atoms with Crippen LogP contribution in [0.25, 0.3) is 11.1 Å². The third kappa shape index (κ3) is 5.16. The number of likely N-dealkylation sites (tertiary alicyclic amines) is 1. The number of ether oxygens (including phenoxy) is 3. The van der Waals surface area contributed by atoms with Gasteiger partial charge in [0.1, 0.15) is 13.2 Å². The molecule has 1 atom stereocenters. The van der Waals surface area contributed by atoms with Gasteiger partial charge in [-0.05, 0) is 52.8 Å². The minimum Gasteiger partial charge on any atom is -0.480 e. The van der Waals surface area contributed by atoms with Gasteiger partial charge in [0.05, 0.1) is 17.8 Å². The molecule has 7 nitrogen and oxygen atoms in total. The van der Waals surface area contributed by atoms with E-state index >= 15 is 0 Å². The number of hydrogen-bond donors (Lipinski definition) is 1. The summed E-state index contributed by atoms with van der Waals surface area (Å²) in [6.45, 7) is 1.39. The van der Waals surface area contributed by atoms with Crippen molar-refractivity contribution in [1.29, 1.82) is 0 Å². The summed E-state index contributed by atoms with van der Waals surface area (Å²) in [4.78, 5) is 26.4. The van der Waals surface area contributed by atoms with Crippen molar-refractivity contribution in [3.8, 4) is 11.1 Å². The van der Waals surface area contributed by atoms with E-state index in [4.69, 9.17) is 14.2 Å². The highest BCUT2D eigenvalue weighted by Gasteiger charge is 2.49. The van der Waals surface area contributed by atoms with Crippen molar-refractivity contribution >= 4 is 28.0 Å². The zero-order valence-corrected chi connectivity index (χ0v) is 23.8. The average molecular weight is 607 g/mol. The molecule has 1 unspecified atom stereocenters. The number of halogens is 1. The summed E-state index contributed by atoms with van der Waals surface area (Å²) in [5.74, 6) is -0.978. The van der Waals surface area contributed by atoms with Gasteiger partial charge < -0.3 is 24.2 Å². The van der Waals surface area contributed by atoms with E-state index in [0.29, 0.717) is 52.0 Å². The lowest BCUT2D eigenvalue weighted by atomic mass is 9.74. The number of carbonyl (C=O) groups is 2. The van der Waals surface area contributed by atoms with Crippen molar-refractivity contribution in [2.24, 2.45) is 0 Å². The second-order valence-electron chi connectivity index (χ2n) is 10.9. The number of carbonyl (C=O) groups excluding carboxylic acids is 1. The molecule has 3 aromatic carbocycles. The van der Waals surface area contributed by atoms with Crippen LogP contribution in [0.1, 0.15) is 48.3 Å². The highest BCUT2D eigenvalue weighted by molar-refractivity contribution is 9.10. The Balaban J connectivity index is 1.12. The molecule has 208 valence electrons. The van der Waals surface area contributed by atoms with Crippen molar-refractivity contribution in [3.63, 3.8) is 0 Å². The number of benzene rings is 3. The lowest BCUT2D eigenvalue weighted by molar-refractivity contribution is -0.204. The van der Waals surface area contributed by atoms with Gasteiger partial charge in [0.15, 0.2) is 0 Å². The number of carboxylic acid groups (broad SMARTS) is 1. The zero-order valence-electron chi connectivity index (χ0n) is 22.2. The largest absolute Gasteiger partial charge is 0.480 e. The fraction of sp³-hybridized carbons (Fsp3) is 0.375. The molecule has 3 aromatic rings. The summed E-state index contributed by atoms with van der Waals surface area (Å²) in [6, 6.07) is 24.5. The molecule has 1 amide bonds. The molecule has 3 aliphatic rings. The maximum Gasteiger partial charge on any atom is 0.409 e. The van der Waals surface area contributed by atoms with Crippen molar-refractivity contribution in [3.05, 3.63) is 94.0 Å². The number of aliphatic carboxylic acids is 1. The molecular formula is C32H32BrNO6. The number of fused-ring (bicyclic) bond motifs is 3. The van der Waals surface area contributed by atoms with E-state index in [2.05, 4.69) is 40.2 Å². The van der Waals surface area contributed by atoms with Crippen LogP contribution in [0.3, 0.4) is 0 Å². The molecule has 0 aromatic heterocycles. The van der Waals surface area contributed by atoms with Crippen molar-refractivity contribution < 1.29 is 28.9 Å². The van der Waals surface area contributed by atoms with Gasteiger partial charge in [-0.2, -0.15) is 0 Å². The van der Waals surface area contributed by atoms with Gasteiger partial charge in [0, 0.05) is 36.3 Å². The Morgan fingerprint density at radius 1 is 0.925 bits per heavy atom. The maximum atomic E-state index is 13.2. The van der Waals surface area contributed by atoms with Crippen LogP contribution >= 0.6 is 15.9 Å². The molecule has 0 radical (unpaired) electrons. The Bertz CT molecular complexity index is 1360. The smallest absolute Gasteiger partial charge is 0.409 e. The molecule has 6 rings (SSSR count). The Morgan fingerprint density at radius 3 is 2.17 bits per heavy atom. The van der Waals surface area contributed by atoms with Gasteiger partial charge in [-0.1, -0.05) is 76.6 Å². The van der Waals surface area contributed by atoms with E-state index in [0.717, 1.165) is 10.0 Å². The first-order valence-electron chi connectivity index (χ1n) is 13.7. The Morgan fingerprint density at radius 2 is 1.55 bits per heavy atom. The molecule has 1 aliphatic carbocycles. The quantitative estimate of drug-likeness (QED) is 0.353. The average Bonchev–Trinajstić information content (AvgIpc) is 3.29. The van der Waals surface area contributed by atoms with Gasteiger partial charge in [0.25, 0.3) is 0 Å². The predicted molar refractivity (Wildman–Crippen MR) is 153 cm³/mol. The van der Waals surface area contributed by atoms with Gasteiger partial charge in [-0.25, -0.2) is 9.59 Å². The maximum absolute atomic E-state index is 13.2. The summed E-state index contributed by atoms with van der Waals surface area (Å²) in [7, 11) is 0. The SMILES string of the molecule is O=C(O)COC1(c2ccc(Br)cc2)CCOC2(CCN(C(=O)OCC3c4ccccc4-c4ccccc43)CC2)C1. The molecule has 2 saturated heterocycles. The Hall–Kier alpha value is -3.20. The van der Waals surface area contributed by atoms with Crippen molar-refractivity contribution in [2.45, 2.75) is 42.8 Å². The van der Waals surface area contributed by atoms with E-state index in [1.54, 1.807) is 4.90 Å². The van der Waals surface area contributed by atoms with Crippen LogP contribution in [-0.4, -0.2) is 60.6 Å². The number of hydrogen-bond acceptors (Lipinski definition) is 5. The van der Waals surface area contributed by atoms with Crippen LogP contribution in [0, 0.1) is 0 Å². The molecular weight excluding hydrogens is 574 g/mol. The van der Waals surface area contributed by atoms with E-state index in [1.807, 2.05) is 48.5 Å². The summed E-state index contributed by atoms with van der Waals surface area (Å²) in [5, 5.41) is 9.36. The van der Waals surface area contributed by atoms with E-state index in [-0.39, 0.29) is 18.6 Å². The van der Waals surface area contributed by atoms with Gasteiger partial charge in [-0.3, -0.25) is 0 Å². The van der Waals surface area contributed by atoms with E-state index in [1.165, 1.54) is 22.3 Å². The summed E-state index contributed by atoms with van der Waals surface area (Å²) >= 11 is 3.48. The fourth-order valence-electron chi connectivity index (χ4n) is 6.60. The minimum absolute atomic E-state index is 0.0204. The molecule has 8 heteroatoms. The number of nitrogens with zero attached hydrogens (tertiary/aromatic N) is 1. The van der Waals surface area contributed by atoms with Crippen LogP contribution in [0.4, 0.5) is 4.79 Å². The highest BCUT2D eigenvalue weighted by atomic mass is 79.9. The summed E-state index contributed by atoms with van der Waals surface area (Å²) in [5.41, 5.74) is 4.47. The first-order chi connectivity index (χ1) is 19.4. The second-order valence-corrected chi connectivity index (χ2v) is 11.8. The number of piperidine rings is 1. The third-order valence-corrected chi connectivity index (χ3v) is 9.16. The first-order valence-corrected chi connectivity index (χ1v) is 14.5. The van der Waals surface area contributed by atoms with Crippen LogP contribution in [0.15, 0.2) is 77.3 Å². The van der Waals surface area contributed by atoms with E-state index in [9.17, 15) is 14.7 Å². The van der Waals surface area contributed by atoms with Crippen LogP contribution in [0.2, 0.25) is 0 Å². The predicted octanol–water partition coefficient (Wildman–Crippen LogP) is 6.34. The number of carboxylic acids is 1.